The molecule has 0 N–H and O–H groups in total. The van der Waals surface area contributed by atoms with E-state index in [0.717, 1.165) is 0 Å². The van der Waals surface area contributed by atoms with Crippen LogP contribution in [0.5, 0.6) is 0 Å². The van der Waals surface area contributed by atoms with Crippen LogP contribution >= 0.6 is 0 Å². The maximum absolute atomic E-state index is 13.1. The van der Waals surface area contributed by atoms with Gasteiger partial charge in [0.25, 0.3) is 0 Å². The molecule has 0 aliphatic carbocycles. The van der Waals surface area contributed by atoms with Gasteiger partial charge >= 0.3 is 0 Å². The fourth-order valence-electron chi connectivity index (χ4n) is 2.73. The van der Waals surface area contributed by atoms with E-state index in [9.17, 15) is 18.8 Å². The quantitative estimate of drug-likeness (QED) is 0.824. The summed E-state index contributed by atoms with van der Waals surface area (Å²) < 4.78 is 13.1. The first-order valence-electron chi connectivity index (χ1n) is 8.65. The molecule has 26 heavy (non-hydrogen) atoms. The lowest BCUT2D eigenvalue weighted by Crippen LogP contribution is -2.49. The lowest BCUT2D eigenvalue weighted by molar-refractivity contribution is -0.147. The van der Waals surface area contributed by atoms with Crippen molar-refractivity contribution in [2.45, 2.75) is 40.7 Å². The second kappa shape index (κ2) is 7.43. The van der Waals surface area contributed by atoms with E-state index in [4.69, 9.17) is 0 Å². The number of benzene rings is 1. The second-order valence-electron chi connectivity index (χ2n) is 7.81. The van der Waals surface area contributed by atoms with Gasteiger partial charge in [-0.2, -0.15) is 0 Å². The zero-order valence-corrected chi connectivity index (χ0v) is 16.0. The average molecular weight is 363 g/mol. The number of halogens is 1. The number of carbonyl (C=O) groups excluding carboxylic acids is 3. The summed E-state index contributed by atoms with van der Waals surface area (Å²) in [7, 11) is 0. The Bertz CT molecular complexity index is 695. The first-order chi connectivity index (χ1) is 12.0. The molecule has 2 rings (SSSR count). The Balaban J connectivity index is 2.09. The number of hydrogen-bond donors (Lipinski definition) is 0. The van der Waals surface area contributed by atoms with Gasteiger partial charge in [-0.05, 0) is 38.1 Å². The molecule has 142 valence electrons. The van der Waals surface area contributed by atoms with Crippen LogP contribution in [0.2, 0.25) is 0 Å². The average Bonchev–Trinajstić information content (AvgIpc) is 2.93. The summed E-state index contributed by atoms with van der Waals surface area (Å²) in [5.41, 5.74) is -0.0518. The molecule has 1 aliphatic heterocycles. The van der Waals surface area contributed by atoms with Gasteiger partial charge in [0.2, 0.25) is 17.7 Å². The van der Waals surface area contributed by atoms with Crippen LogP contribution in [0.25, 0.3) is 0 Å². The van der Waals surface area contributed by atoms with Gasteiger partial charge in [-0.3, -0.25) is 19.3 Å². The molecule has 0 saturated carbocycles. The lowest BCUT2D eigenvalue weighted by atomic mass is 9.94. The van der Waals surface area contributed by atoms with E-state index in [1.165, 1.54) is 39.0 Å². The summed E-state index contributed by atoms with van der Waals surface area (Å²) in [6, 6.07) is 5.43. The predicted molar refractivity (Wildman–Crippen MR) is 96.8 cm³/mol. The van der Waals surface area contributed by atoms with Gasteiger partial charge in [0, 0.05) is 17.1 Å². The summed E-state index contributed by atoms with van der Waals surface area (Å²) in [4.78, 5) is 41.9. The third-order valence-electron chi connectivity index (χ3n) is 4.26. The van der Waals surface area contributed by atoms with Crippen LogP contribution in [0.15, 0.2) is 24.3 Å². The standard InChI is InChI=1S/C19H26FN3O3/c1-13(2)22(18(26)19(3,4)5)11-16(24)21-10-17(25)23(12-21)15-8-6-14(20)7-9-15/h6-9,13H,10-12H2,1-5H3. The third-order valence-corrected chi connectivity index (χ3v) is 4.26. The van der Waals surface area contributed by atoms with Crippen molar-refractivity contribution in [3.63, 3.8) is 0 Å². The Hall–Kier alpha value is -2.44. The Morgan fingerprint density at radius 1 is 1.19 bits per heavy atom. The summed E-state index contributed by atoms with van der Waals surface area (Å²) in [5.74, 6) is -1.01. The molecule has 0 bridgehead atoms. The number of nitrogens with zero attached hydrogens (tertiary/aromatic N) is 3. The van der Waals surface area contributed by atoms with E-state index in [1.54, 1.807) is 0 Å². The molecule has 1 fully saturated rings. The van der Waals surface area contributed by atoms with E-state index in [1.807, 2.05) is 34.6 Å². The molecule has 6 nitrogen and oxygen atoms in total. The smallest absolute Gasteiger partial charge is 0.248 e. The first kappa shape index (κ1) is 19.9. The highest BCUT2D eigenvalue weighted by Gasteiger charge is 2.35. The molecule has 1 saturated heterocycles. The number of rotatable bonds is 4. The molecule has 1 aromatic rings. The van der Waals surface area contributed by atoms with Crippen molar-refractivity contribution in [2.24, 2.45) is 5.41 Å². The fraction of sp³-hybridized carbons (Fsp3) is 0.526. The molecular formula is C19H26FN3O3. The molecule has 1 aliphatic rings. The van der Waals surface area contributed by atoms with Crippen LogP contribution in [-0.4, -0.2) is 53.3 Å². The van der Waals surface area contributed by atoms with Gasteiger partial charge in [-0.1, -0.05) is 20.8 Å². The summed E-state index contributed by atoms with van der Waals surface area (Å²) in [6.45, 7) is 9.12. The minimum atomic E-state index is -0.592. The van der Waals surface area contributed by atoms with Crippen LogP contribution in [0.4, 0.5) is 10.1 Å². The van der Waals surface area contributed by atoms with E-state index >= 15 is 0 Å². The first-order valence-corrected chi connectivity index (χ1v) is 8.65. The van der Waals surface area contributed by atoms with Gasteiger partial charge in [-0.25, -0.2) is 4.39 Å². The molecule has 0 aromatic heterocycles. The van der Waals surface area contributed by atoms with E-state index in [0.29, 0.717) is 5.69 Å². The minimum absolute atomic E-state index is 0.0497. The van der Waals surface area contributed by atoms with Crippen LogP contribution in [0.3, 0.4) is 0 Å². The predicted octanol–water partition coefficient (Wildman–Crippen LogP) is 2.24. The summed E-state index contributed by atoms with van der Waals surface area (Å²) in [6.07, 6.45) is 0. The molecule has 3 amide bonds. The van der Waals surface area contributed by atoms with Gasteiger partial charge in [0.15, 0.2) is 0 Å². The zero-order valence-electron chi connectivity index (χ0n) is 16.0. The normalized spacial score (nSPS) is 15.0. The summed E-state index contributed by atoms with van der Waals surface area (Å²) >= 11 is 0. The fourth-order valence-corrected chi connectivity index (χ4v) is 2.73. The van der Waals surface area contributed by atoms with Gasteiger partial charge in [0.1, 0.15) is 25.6 Å². The van der Waals surface area contributed by atoms with Crippen molar-refractivity contribution in [3.8, 4) is 0 Å². The van der Waals surface area contributed by atoms with Crippen molar-refractivity contribution in [1.29, 1.82) is 0 Å². The minimum Gasteiger partial charge on any atom is -0.331 e. The highest BCUT2D eigenvalue weighted by atomic mass is 19.1. The Kier molecular flexibility index (Phi) is 5.68. The highest BCUT2D eigenvalue weighted by molar-refractivity contribution is 6.00. The molecule has 1 heterocycles. The Labute approximate surface area is 153 Å². The van der Waals surface area contributed by atoms with Crippen molar-refractivity contribution >= 4 is 23.4 Å². The molecular weight excluding hydrogens is 337 g/mol. The van der Waals surface area contributed by atoms with Crippen LogP contribution in [0.1, 0.15) is 34.6 Å². The second-order valence-corrected chi connectivity index (χ2v) is 7.81. The van der Waals surface area contributed by atoms with Crippen LogP contribution in [-0.2, 0) is 14.4 Å². The Morgan fingerprint density at radius 2 is 1.77 bits per heavy atom. The number of carbonyl (C=O) groups is 3. The molecule has 0 unspecified atom stereocenters. The molecule has 0 spiro atoms. The van der Waals surface area contributed by atoms with E-state index in [-0.39, 0.29) is 49.3 Å². The SMILES string of the molecule is CC(C)N(CC(=O)N1CC(=O)N(c2ccc(F)cc2)C1)C(=O)C(C)(C)C. The van der Waals surface area contributed by atoms with Crippen molar-refractivity contribution in [1.82, 2.24) is 9.80 Å². The topological polar surface area (TPSA) is 60.9 Å². The molecule has 7 heteroatoms. The summed E-state index contributed by atoms with van der Waals surface area (Å²) in [5, 5.41) is 0. The van der Waals surface area contributed by atoms with Gasteiger partial charge in [0.05, 0.1) is 0 Å². The number of amides is 3. The maximum atomic E-state index is 13.1. The van der Waals surface area contributed by atoms with Crippen LogP contribution in [0, 0.1) is 11.2 Å². The molecule has 0 radical (unpaired) electrons. The van der Waals surface area contributed by atoms with Crippen molar-refractivity contribution in [3.05, 3.63) is 30.1 Å². The number of anilines is 1. The number of hydrogen-bond acceptors (Lipinski definition) is 3. The van der Waals surface area contributed by atoms with Gasteiger partial charge < -0.3 is 9.80 Å². The maximum Gasteiger partial charge on any atom is 0.248 e. The van der Waals surface area contributed by atoms with Crippen molar-refractivity contribution in [2.75, 3.05) is 24.7 Å². The monoisotopic (exact) mass is 363 g/mol. The van der Waals surface area contributed by atoms with E-state index < -0.39 is 5.41 Å². The van der Waals surface area contributed by atoms with Crippen LogP contribution < -0.4 is 4.90 Å². The third kappa shape index (κ3) is 4.39. The zero-order chi connectivity index (χ0) is 19.6. The lowest BCUT2D eigenvalue weighted by Gasteiger charge is -2.33. The largest absolute Gasteiger partial charge is 0.331 e. The van der Waals surface area contributed by atoms with Crippen molar-refractivity contribution < 1.29 is 18.8 Å². The molecule has 0 atom stereocenters. The molecule has 1 aromatic carbocycles. The highest BCUT2D eigenvalue weighted by Crippen LogP contribution is 2.22. The van der Waals surface area contributed by atoms with Gasteiger partial charge in [-0.15, -0.1) is 0 Å². The Morgan fingerprint density at radius 3 is 2.27 bits per heavy atom. The van der Waals surface area contributed by atoms with E-state index in [2.05, 4.69) is 0 Å².